The highest BCUT2D eigenvalue weighted by atomic mass is 127. The van der Waals surface area contributed by atoms with Crippen molar-refractivity contribution in [2.45, 2.75) is 4.90 Å². The lowest BCUT2D eigenvalue weighted by Crippen LogP contribution is -2.13. The lowest BCUT2D eigenvalue weighted by atomic mass is 10.1. The van der Waals surface area contributed by atoms with Crippen LogP contribution in [0.1, 0.15) is 15.9 Å². The van der Waals surface area contributed by atoms with Crippen molar-refractivity contribution in [1.82, 2.24) is 0 Å². The number of carbonyl (C=O) groups excluding carboxylic acids is 2. The van der Waals surface area contributed by atoms with Crippen molar-refractivity contribution in [1.29, 1.82) is 0 Å². The average molecular weight is 482 g/mol. The van der Waals surface area contributed by atoms with Gasteiger partial charge in [0.15, 0.2) is 18.1 Å². The van der Waals surface area contributed by atoms with E-state index in [1.165, 1.54) is 26.0 Å². The van der Waals surface area contributed by atoms with E-state index in [4.69, 9.17) is 9.47 Å². The predicted molar refractivity (Wildman–Crippen MR) is 108 cm³/mol. The summed E-state index contributed by atoms with van der Waals surface area (Å²) in [5.74, 6) is 0.500. The number of allylic oxidation sites excluding steroid dienone is 1. The summed E-state index contributed by atoms with van der Waals surface area (Å²) in [7, 11) is 2.83. The van der Waals surface area contributed by atoms with Crippen LogP contribution in [0.5, 0.6) is 11.5 Å². The van der Waals surface area contributed by atoms with E-state index >= 15 is 0 Å². The van der Waals surface area contributed by atoms with E-state index < -0.39 is 5.97 Å². The fourth-order valence-electron chi connectivity index (χ4n) is 2.44. The van der Waals surface area contributed by atoms with Crippen LogP contribution in [-0.2, 0) is 9.53 Å². The van der Waals surface area contributed by atoms with Crippen molar-refractivity contribution in [2.75, 3.05) is 20.8 Å². The summed E-state index contributed by atoms with van der Waals surface area (Å²) >= 11 is 3.56. The second-order valence-corrected chi connectivity index (χ2v) is 7.58. The minimum absolute atomic E-state index is 0.0191. The first-order valence-corrected chi connectivity index (χ1v) is 9.53. The van der Waals surface area contributed by atoms with Crippen molar-refractivity contribution in [3.63, 3.8) is 0 Å². The Labute approximate surface area is 168 Å². The molecule has 1 aliphatic rings. The Balaban J connectivity index is 1.89. The number of methoxy groups -OCH3 is 2. The molecule has 134 valence electrons. The van der Waals surface area contributed by atoms with Crippen LogP contribution in [0, 0.1) is 3.57 Å². The highest BCUT2D eigenvalue weighted by molar-refractivity contribution is 14.1. The molecule has 0 amide bonds. The molecule has 0 saturated carbocycles. The van der Waals surface area contributed by atoms with Crippen molar-refractivity contribution >= 4 is 52.2 Å². The summed E-state index contributed by atoms with van der Waals surface area (Å²) in [4.78, 5) is 25.4. The maximum atomic E-state index is 12.5. The van der Waals surface area contributed by atoms with Crippen LogP contribution < -0.4 is 9.47 Å². The number of rotatable bonds is 5. The second-order valence-electron chi connectivity index (χ2n) is 5.33. The van der Waals surface area contributed by atoms with Crippen LogP contribution >= 0.6 is 34.4 Å². The number of benzene rings is 2. The molecule has 0 spiro atoms. The molecule has 2 aromatic rings. The third-order valence-electron chi connectivity index (χ3n) is 3.69. The summed E-state index contributed by atoms with van der Waals surface area (Å²) in [5, 5.41) is 0. The zero-order valence-electron chi connectivity index (χ0n) is 14.1. The number of hydrogen-bond acceptors (Lipinski definition) is 6. The van der Waals surface area contributed by atoms with E-state index in [9.17, 15) is 9.59 Å². The summed E-state index contributed by atoms with van der Waals surface area (Å²) in [6.07, 6.45) is 1.84. The quantitative estimate of drug-likeness (QED) is 0.362. The zero-order chi connectivity index (χ0) is 18.7. The molecule has 1 aliphatic heterocycles. The molecule has 0 atom stereocenters. The Morgan fingerprint density at radius 3 is 2.69 bits per heavy atom. The van der Waals surface area contributed by atoms with Crippen molar-refractivity contribution in [2.24, 2.45) is 0 Å². The van der Waals surface area contributed by atoms with E-state index in [1.54, 1.807) is 6.07 Å². The molecular weight excluding hydrogens is 467 g/mol. The van der Waals surface area contributed by atoms with Gasteiger partial charge >= 0.3 is 5.97 Å². The first-order valence-electron chi connectivity index (χ1n) is 7.64. The maximum absolute atomic E-state index is 12.5. The van der Waals surface area contributed by atoms with Crippen molar-refractivity contribution in [3.8, 4) is 11.5 Å². The van der Waals surface area contributed by atoms with Gasteiger partial charge in [-0.2, -0.15) is 0 Å². The molecule has 7 heteroatoms. The SMILES string of the molecule is COC(=O)COc1c(I)cc(/C=C2/Sc3ccccc3C2=O)cc1OC. The molecule has 0 saturated heterocycles. The van der Waals surface area contributed by atoms with Gasteiger partial charge in [-0.25, -0.2) is 4.79 Å². The highest BCUT2D eigenvalue weighted by Gasteiger charge is 2.25. The number of thioether (sulfide) groups is 1. The van der Waals surface area contributed by atoms with Crippen molar-refractivity contribution < 1.29 is 23.8 Å². The van der Waals surface area contributed by atoms with Crippen LogP contribution in [0.4, 0.5) is 0 Å². The average Bonchev–Trinajstić information content (AvgIpc) is 2.96. The Morgan fingerprint density at radius 2 is 2.00 bits per heavy atom. The summed E-state index contributed by atoms with van der Waals surface area (Å²) in [6, 6.07) is 11.2. The highest BCUT2D eigenvalue weighted by Crippen LogP contribution is 2.41. The molecule has 0 unspecified atom stereocenters. The van der Waals surface area contributed by atoms with Gasteiger partial charge in [0, 0.05) is 10.5 Å². The normalized spacial score (nSPS) is 14.3. The number of esters is 1. The first kappa shape index (κ1) is 18.8. The molecule has 26 heavy (non-hydrogen) atoms. The summed E-state index contributed by atoms with van der Waals surface area (Å²) in [6.45, 7) is -0.201. The van der Waals surface area contributed by atoms with E-state index in [0.717, 1.165) is 19.6 Å². The molecule has 2 aromatic carbocycles. The van der Waals surface area contributed by atoms with Gasteiger partial charge in [-0.05, 0) is 58.5 Å². The van der Waals surface area contributed by atoms with Gasteiger partial charge in [0.1, 0.15) is 0 Å². The predicted octanol–water partition coefficient (Wildman–Crippen LogP) is 4.18. The van der Waals surface area contributed by atoms with Crippen LogP contribution in [-0.4, -0.2) is 32.6 Å². The molecule has 0 aliphatic carbocycles. The number of fused-ring (bicyclic) bond motifs is 1. The van der Waals surface area contributed by atoms with Gasteiger partial charge in [0.2, 0.25) is 5.78 Å². The number of hydrogen-bond donors (Lipinski definition) is 0. The molecule has 1 heterocycles. The lowest BCUT2D eigenvalue weighted by Gasteiger charge is -2.13. The molecular formula is C19H15IO5S. The summed E-state index contributed by atoms with van der Waals surface area (Å²) in [5.41, 5.74) is 1.55. The van der Waals surface area contributed by atoms with E-state index in [0.29, 0.717) is 16.4 Å². The maximum Gasteiger partial charge on any atom is 0.343 e. The topological polar surface area (TPSA) is 61.8 Å². The number of ether oxygens (including phenoxy) is 3. The molecule has 0 bridgehead atoms. The van der Waals surface area contributed by atoms with E-state index in [2.05, 4.69) is 27.3 Å². The van der Waals surface area contributed by atoms with Crippen LogP contribution in [0.15, 0.2) is 46.2 Å². The second kappa shape index (κ2) is 8.13. The third-order valence-corrected chi connectivity index (χ3v) is 5.59. The lowest BCUT2D eigenvalue weighted by molar-refractivity contribution is -0.142. The minimum Gasteiger partial charge on any atom is -0.493 e. The molecule has 0 fully saturated rings. The third kappa shape index (κ3) is 3.88. The van der Waals surface area contributed by atoms with Crippen LogP contribution in [0.2, 0.25) is 0 Å². The number of halogens is 1. The van der Waals surface area contributed by atoms with Gasteiger partial charge in [-0.3, -0.25) is 4.79 Å². The molecule has 0 N–H and O–H groups in total. The van der Waals surface area contributed by atoms with Crippen LogP contribution in [0.25, 0.3) is 6.08 Å². The molecule has 0 radical (unpaired) electrons. The fraction of sp³-hybridized carbons (Fsp3) is 0.158. The van der Waals surface area contributed by atoms with Gasteiger partial charge < -0.3 is 14.2 Å². The summed E-state index contributed by atoms with van der Waals surface area (Å²) < 4.78 is 16.2. The minimum atomic E-state index is -0.472. The molecule has 3 rings (SSSR count). The Morgan fingerprint density at radius 1 is 1.23 bits per heavy atom. The van der Waals surface area contributed by atoms with Gasteiger partial charge in [-0.1, -0.05) is 23.9 Å². The largest absolute Gasteiger partial charge is 0.493 e. The van der Waals surface area contributed by atoms with Gasteiger partial charge in [-0.15, -0.1) is 0 Å². The standard InChI is InChI=1S/C19H15IO5S/c1-23-14-8-11(7-13(20)19(14)25-10-17(21)24-2)9-16-18(22)12-5-3-4-6-15(12)26-16/h3-9H,10H2,1-2H3/b16-9+. The Hall–Kier alpha value is -2.00. The number of Topliss-reactive ketones (excluding diaryl/α,β-unsaturated/α-hetero) is 1. The molecule has 0 aromatic heterocycles. The smallest absolute Gasteiger partial charge is 0.343 e. The fourth-order valence-corrected chi connectivity index (χ4v) is 4.27. The number of ketones is 1. The Kier molecular flexibility index (Phi) is 5.87. The van der Waals surface area contributed by atoms with Gasteiger partial charge in [0.05, 0.1) is 22.7 Å². The van der Waals surface area contributed by atoms with Gasteiger partial charge in [0.25, 0.3) is 0 Å². The monoisotopic (exact) mass is 482 g/mol. The zero-order valence-corrected chi connectivity index (χ0v) is 17.1. The first-order chi connectivity index (χ1) is 12.5. The van der Waals surface area contributed by atoms with E-state index in [-0.39, 0.29) is 12.4 Å². The van der Waals surface area contributed by atoms with Crippen molar-refractivity contribution in [3.05, 3.63) is 56.0 Å². The number of carbonyl (C=O) groups is 2. The Bertz CT molecular complexity index is 907. The van der Waals surface area contributed by atoms with Crippen LogP contribution in [0.3, 0.4) is 0 Å². The molecule has 5 nitrogen and oxygen atoms in total. The van der Waals surface area contributed by atoms with E-state index in [1.807, 2.05) is 36.4 Å².